The third kappa shape index (κ3) is 4.51. The van der Waals surface area contributed by atoms with Gasteiger partial charge in [-0.3, -0.25) is 14.4 Å². The Morgan fingerprint density at radius 1 is 1.31 bits per heavy atom. The topological polar surface area (TPSA) is 88.2 Å². The van der Waals surface area contributed by atoms with Gasteiger partial charge in [0.1, 0.15) is 5.75 Å². The van der Waals surface area contributed by atoms with E-state index in [1.54, 1.807) is 44.3 Å². The minimum Gasteiger partial charge on any atom is -0.496 e. The molecule has 8 heteroatoms. The van der Waals surface area contributed by atoms with Gasteiger partial charge in [0.15, 0.2) is 0 Å². The Balaban J connectivity index is 2.08. The number of likely N-dealkylation sites (tertiary alicyclic amines) is 1. The second-order valence-corrected chi connectivity index (χ2v) is 6.34. The Morgan fingerprint density at radius 2 is 2.04 bits per heavy atom. The van der Waals surface area contributed by atoms with E-state index in [1.165, 1.54) is 12.0 Å². The Kier molecular flexibility index (Phi) is 6.57. The third-order valence-corrected chi connectivity index (χ3v) is 4.25. The van der Waals surface area contributed by atoms with E-state index in [4.69, 9.17) is 9.47 Å². The van der Waals surface area contributed by atoms with Gasteiger partial charge in [-0.1, -0.05) is 0 Å². The summed E-state index contributed by atoms with van der Waals surface area (Å²) < 4.78 is 10.2. The fourth-order valence-electron chi connectivity index (χ4n) is 2.80. The number of nitrogens with one attached hydrogen (secondary N) is 1. The Bertz CT molecular complexity index is 689. The zero-order valence-electron chi connectivity index (χ0n) is 15.6. The molecule has 1 heterocycles. The fourth-order valence-corrected chi connectivity index (χ4v) is 2.80. The van der Waals surface area contributed by atoms with Crippen LogP contribution in [0.3, 0.4) is 0 Å². The normalized spacial score (nSPS) is 16.5. The molecule has 0 saturated carbocycles. The highest BCUT2D eigenvalue weighted by molar-refractivity contribution is 6.00. The first-order valence-corrected chi connectivity index (χ1v) is 8.34. The molecule has 3 amide bonds. The number of hydrogen-bond acceptors (Lipinski definition) is 5. The molecule has 0 aromatic heterocycles. The van der Waals surface area contributed by atoms with Gasteiger partial charge in [0, 0.05) is 46.4 Å². The zero-order chi connectivity index (χ0) is 19.3. The number of ether oxygens (including phenoxy) is 2. The van der Waals surface area contributed by atoms with Gasteiger partial charge >= 0.3 is 0 Å². The third-order valence-electron chi connectivity index (χ3n) is 4.25. The van der Waals surface area contributed by atoms with E-state index in [2.05, 4.69) is 5.32 Å². The van der Waals surface area contributed by atoms with Crippen LogP contribution in [0.15, 0.2) is 18.2 Å². The number of methoxy groups -OCH3 is 2. The average Bonchev–Trinajstić information content (AvgIpc) is 3.00. The van der Waals surface area contributed by atoms with Crippen LogP contribution >= 0.6 is 0 Å². The maximum absolute atomic E-state index is 12.5. The first-order chi connectivity index (χ1) is 12.4. The summed E-state index contributed by atoms with van der Waals surface area (Å²) in [5.74, 6) is -0.509. The van der Waals surface area contributed by atoms with Crippen molar-refractivity contribution < 1.29 is 23.9 Å². The predicted molar refractivity (Wildman–Crippen MR) is 96.2 cm³/mol. The summed E-state index contributed by atoms with van der Waals surface area (Å²) in [5.41, 5.74) is 0.850. The van der Waals surface area contributed by atoms with Crippen molar-refractivity contribution in [3.05, 3.63) is 23.8 Å². The molecule has 0 radical (unpaired) electrons. The first-order valence-electron chi connectivity index (χ1n) is 8.34. The Labute approximate surface area is 153 Å². The number of nitrogens with zero attached hydrogens (tertiary/aromatic N) is 2. The standard InChI is InChI=1S/C18H25N3O5/c1-20(2)18(24)14-10-13(5-6-15(14)26-4)19-17(23)12-9-16(22)21(11-12)7-8-25-3/h5-6,10,12H,7-9,11H2,1-4H3,(H,19,23). The van der Waals surface area contributed by atoms with E-state index in [1.807, 2.05) is 0 Å². The molecule has 1 atom stereocenters. The molecule has 1 aromatic carbocycles. The monoisotopic (exact) mass is 363 g/mol. The van der Waals surface area contributed by atoms with Crippen LogP contribution in [0.1, 0.15) is 16.8 Å². The van der Waals surface area contributed by atoms with Gasteiger partial charge in [-0.25, -0.2) is 0 Å². The van der Waals surface area contributed by atoms with Crippen LogP contribution in [0.2, 0.25) is 0 Å². The predicted octanol–water partition coefficient (Wildman–Crippen LogP) is 0.830. The number of carbonyl (C=O) groups excluding carboxylic acids is 3. The summed E-state index contributed by atoms with van der Waals surface area (Å²) in [6.45, 7) is 1.28. The minimum absolute atomic E-state index is 0.0552. The lowest BCUT2D eigenvalue weighted by atomic mass is 10.1. The molecule has 1 aliphatic rings. The molecule has 1 aromatic rings. The largest absolute Gasteiger partial charge is 0.496 e. The second kappa shape index (κ2) is 8.66. The quantitative estimate of drug-likeness (QED) is 0.775. The van der Waals surface area contributed by atoms with Crippen molar-refractivity contribution in [1.82, 2.24) is 9.80 Å². The maximum atomic E-state index is 12.5. The summed E-state index contributed by atoms with van der Waals surface area (Å²) in [6.07, 6.45) is 0.176. The smallest absolute Gasteiger partial charge is 0.257 e. The van der Waals surface area contributed by atoms with Crippen LogP contribution in [0.5, 0.6) is 5.75 Å². The summed E-state index contributed by atoms with van der Waals surface area (Å²) >= 11 is 0. The molecule has 8 nitrogen and oxygen atoms in total. The van der Waals surface area contributed by atoms with Gasteiger partial charge in [-0.05, 0) is 18.2 Å². The molecule has 1 N–H and O–H groups in total. The van der Waals surface area contributed by atoms with E-state index >= 15 is 0 Å². The molecular formula is C18H25N3O5. The van der Waals surface area contributed by atoms with E-state index in [9.17, 15) is 14.4 Å². The molecule has 1 unspecified atom stereocenters. The van der Waals surface area contributed by atoms with Crippen LogP contribution in [0, 0.1) is 5.92 Å². The van der Waals surface area contributed by atoms with E-state index < -0.39 is 5.92 Å². The molecule has 1 aliphatic heterocycles. The molecule has 142 valence electrons. The number of amides is 3. The molecule has 0 bridgehead atoms. The highest BCUT2D eigenvalue weighted by atomic mass is 16.5. The van der Waals surface area contributed by atoms with Crippen LogP contribution in [-0.2, 0) is 14.3 Å². The number of carbonyl (C=O) groups is 3. The van der Waals surface area contributed by atoms with Crippen molar-refractivity contribution in [1.29, 1.82) is 0 Å². The van der Waals surface area contributed by atoms with Crippen LogP contribution in [-0.4, -0.2) is 75.5 Å². The molecular weight excluding hydrogens is 338 g/mol. The Hall–Kier alpha value is -2.61. The summed E-state index contributed by atoms with van der Waals surface area (Å²) in [5, 5.41) is 2.79. The first kappa shape index (κ1) is 19.7. The van der Waals surface area contributed by atoms with Crippen molar-refractivity contribution in [3.8, 4) is 5.75 Å². The zero-order valence-corrected chi connectivity index (χ0v) is 15.6. The molecule has 1 fully saturated rings. The molecule has 2 rings (SSSR count). The Morgan fingerprint density at radius 3 is 2.65 bits per heavy atom. The van der Waals surface area contributed by atoms with Crippen LogP contribution < -0.4 is 10.1 Å². The van der Waals surface area contributed by atoms with Gasteiger partial charge < -0.3 is 24.6 Å². The molecule has 26 heavy (non-hydrogen) atoms. The van der Waals surface area contributed by atoms with Crippen LogP contribution in [0.25, 0.3) is 0 Å². The van der Waals surface area contributed by atoms with Gasteiger partial charge in [0.05, 0.1) is 25.2 Å². The lowest BCUT2D eigenvalue weighted by molar-refractivity contribution is -0.128. The van der Waals surface area contributed by atoms with Gasteiger partial charge in [0.2, 0.25) is 11.8 Å². The summed E-state index contributed by atoms with van der Waals surface area (Å²) in [6, 6.07) is 4.89. The van der Waals surface area contributed by atoms with E-state index in [0.29, 0.717) is 36.7 Å². The van der Waals surface area contributed by atoms with Crippen LogP contribution in [0.4, 0.5) is 5.69 Å². The average molecular weight is 363 g/mol. The van der Waals surface area contributed by atoms with E-state index in [-0.39, 0.29) is 24.1 Å². The lowest BCUT2D eigenvalue weighted by Crippen LogP contribution is -2.30. The summed E-state index contributed by atoms with van der Waals surface area (Å²) in [4.78, 5) is 39.8. The fraction of sp³-hybridized carbons (Fsp3) is 0.500. The number of rotatable bonds is 7. The maximum Gasteiger partial charge on any atom is 0.257 e. The molecule has 1 saturated heterocycles. The van der Waals surface area contributed by atoms with Gasteiger partial charge in [0.25, 0.3) is 5.91 Å². The minimum atomic E-state index is -0.422. The van der Waals surface area contributed by atoms with Crippen molar-refractivity contribution in [2.45, 2.75) is 6.42 Å². The molecule has 0 aliphatic carbocycles. The number of hydrogen-bond donors (Lipinski definition) is 1. The van der Waals surface area contributed by atoms with Crippen molar-refractivity contribution in [2.75, 3.05) is 53.3 Å². The SMILES string of the molecule is COCCN1CC(C(=O)Nc2ccc(OC)c(C(=O)N(C)C)c2)CC1=O. The highest BCUT2D eigenvalue weighted by Crippen LogP contribution is 2.25. The van der Waals surface area contributed by atoms with Crippen molar-refractivity contribution in [3.63, 3.8) is 0 Å². The lowest BCUT2D eigenvalue weighted by Gasteiger charge is -2.17. The van der Waals surface area contributed by atoms with Gasteiger partial charge in [-0.2, -0.15) is 0 Å². The summed E-state index contributed by atoms with van der Waals surface area (Å²) in [7, 11) is 6.34. The number of anilines is 1. The number of benzene rings is 1. The van der Waals surface area contributed by atoms with Gasteiger partial charge in [-0.15, -0.1) is 0 Å². The second-order valence-electron chi connectivity index (χ2n) is 6.34. The van der Waals surface area contributed by atoms with Crippen molar-refractivity contribution in [2.24, 2.45) is 5.92 Å². The van der Waals surface area contributed by atoms with E-state index in [0.717, 1.165) is 0 Å². The molecule has 0 spiro atoms. The van der Waals surface area contributed by atoms with Crippen molar-refractivity contribution >= 4 is 23.4 Å². The highest BCUT2D eigenvalue weighted by Gasteiger charge is 2.34.